The molecule has 1 heterocycles. The highest BCUT2D eigenvalue weighted by Gasteiger charge is 2.07. The third-order valence-electron chi connectivity index (χ3n) is 3.30. The maximum absolute atomic E-state index is 11.3. The largest absolute Gasteiger partial charge is 0.298 e. The van der Waals surface area contributed by atoms with Crippen molar-refractivity contribution in [2.45, 2.75) is 17.7 Å². The number of hydrogen-bond donors (Lipinski definition) is 0. The lowest BCUT2D eigenvalue weighted by Gasteiger charge is -2.07. The van der Waals surface area contributed by atoms with E-state index in [4.69, 9.17) is 0 Å². The van der Waals surface area contributed by atoms with Gasteiger partial charge in [-0.05, 0) is 24.6 Å². The number of thioether (sulfide) groups is 1. The maximum Gasteiger partial charge on any atom is 0.152 e. The molecule has 0 unspecified atom stereocenters. The molecule has 0 N–H and O–H groups in total. The molecular formula is C18H15NOS. The summed E-state index contributed by atoms with van der Waals surface area (Å²) >= 11 is 1.61. The number of fused-ring (bicyclic) bond motifs is 1. The fraction of sp³-hybridized carbons (Fsp3) is 0.111. The summed E-state index contributed by atoms with van der Waals surface area (Å²) in [6.07, 6.45) is 0.887. The zero-order chi connectivity index (χ0) is 14.7. The van der Waals surface area contributed by atoms with Gasteiger partial charge >= 0.3 is 0 Å². The molecule has 0 amide bonds. The molecule has 21 heavy (non-hydrogen) atoms. The van der Waals surface area contributed by atoms with E-state index in [9.17, 15) is 4.79 Å². The summed E-state index contributed by atoms with van der Waals surface area (Å²) in [4.78, 5) is 15.9. The van der Waals surface area contributed by atoms with E-state index in [1.54, 1.807) is 11.8 Å². The van der Waals surface area contributed by atoms with Gasteiger partial charge in [-0.1, -0.05) is 48.0 Å². The number of carbonyl (C=O) groups is 1. The molecule has 0 aliphatic carbocycles. The van der Waals surface area contributed by atoms with E-state index in [1.807, 2.05) is 30.3 Å². The lowest BCUT2D eigenvalue weighted by molar-refractivity contribution is 0.112. The second kappa shape index (κ2) is 6.10. The molecule has 0 radical (unpaired) electrons. The van der Waals surface area contributed by atoms with Crippen LogP contribution in [0.4, 0.5) is 0 Å². The minimum atomic E-state index is 0.659. The lowest BCUT2D eigenvalue weighted by Crippen LogP contribution is -1.92. The number of benzene rings is 2. The van der Waals surface area contributed by atoms with Gasteiger partial charge in [0, 0.05) is 16.7 Å². The van der Waals surface area contributed by atoms with E-state index in [0.717, 1.165) is 28.0 Å². The average Bonchev–Trinajstić information content (AvgIpc) is 2.52. The van der Waals surface area contributed by atoms with Crippen LogP contribution in [0.15, 0.2) is 59.6 Å². The van der Waals surface area contributed by atoms with Crippen LogP contribution in [0.3, 0.4) is 0 Å². The van der Waals surface area contributed by atoms with Gasteiger partial charge in [0.2, 0.25) is 0 Å². The SMILES string of the molecule is Cc1cccc(CSc2nc3ccccc3cc2C=O)c1. The van der Waals surface area contributed by atoms with Gasteiger partial charge < -0.3 is 0 Å². The maximum atomic E-state index is 11.3. The van der Waals surface area contributed by atoms with Gasteiger partial charge in [-0.2, -0.15) is 0 Å². The van der Waals surface area contributed by atoms with Crippen molar-refractivity contribution in [2.75, 3.05) is 0 Å². The minimum absolute atomic E-state index is 0.659. The van der Waals surface area contributed by atoms with Crippen LogP contribution in [0.25, 0.3) is 10.9 Å². The predicted octanol–water partition coefficient (Wildman–Crippen LogP) is 4.65. The number of carbonyl (C=O) groups excluding carboxylic acids is 1. The van der Waals surface area contributed by atoms with Crippen molar-refractivity contribution in [1.29, 1.82) is 0 Å². The Bertz CT molecular complexity index is 798. The Morgan fingerprint density at radius 3 is 2.76 bits per heavy atom. The molecule has 1 aromatic heterocycles. The van der Waals surface area contributed by atoms with Gasteiger partial charge in [0.15, 0.2) is 6.29 Å². The Balaban J connectivity index is 1.90. The zero-order valence-corrected chi connectivity index (χ0v) is 12.6. The normalized spacial score (nSPS) is 10.7. The van der Waals surface area contributed by atoms with Crippen LogP contribution in [0, 0.1) is 6.92 Å². The molecule has 0 saturated heterocycles. The van der Waals surface area contributed by atoms with E-state index in [-0.39, 0.29) is 0 Å². The van der Waals surface area contributed by atoms with E-state index in [0.29, 0.717) is 5.56 Å². The van der Waals surface area contributed by atoms with Crippen molar-refractivity contribution in [3.05, 3.63) is 71.3 Å². The van der Waals surface area contributed by atoms with E-state index in [1.165, 1.54) is 11.1 Å². The summed E-state index contributed by atoms with van der Waals surface area (Å²) in [5.41, 5.74) is 4.07. The smallest absolute Gasteiger partial charge is 0.152 e. The van der Waals surface area contributed by atoms with Gasteiger partial charge in [-0.15, -0.1) is 11.8 Å². The number of para-hydroxylation sites is 1. The van der Waals surface area contributed by atoms with Crippen molar-refractivity contribution >= 4 is 29.0 Å². The molecule has 0 atom stereocenters. The van der Waals surface area contributed by atoms with Gasteiger partial charge in [-0.3, -0.25) is 4.79 Å². The molecule has 3 aromatic rings. The van der Waals surface area contributed by atoms with E-state index < -0.39 is 0 Å². The van der Waals surface area contributed by atoms with Gasteiger partial charge in [0.05, 0.1) is 5.52 Å². The molecule has 0 fully saturated rings. The quantitative estimate of drug-likeness (QED) is 0.518. The predicted molar refractivity (Wildman–Crippen MR) is 87.9 cm³/mol. The Morgan fingerprint density at radius 1 is 1.10 bits per heavy atom. The second-order valence-corrected chi connectivity index (χ2v) is 5.94. The fourth-order valence-corrected chi connectivity index (χ4v) is 3.19. The number of nitrogens with zero attached hydrogens (tertiary/aromatic N) is 1. The zero-order valence-electron chi connectivity index (χ0n) is 11.7. The Kier molecular flexibility index (Phi) is 4.02. The van der Waals surface area contributed by atoms with Gasteiger partial charge in [0.1, 0.15) is 5.03 Å². The Hall–Kier alpha value is -2.13. The van der Waals surface area contributed by atoms with Crippen LogP contribution in [-0.2, 0) is 5.75 Å². The lowest BCUT2D eigenvalue weighted by atomic mass is 10.2. The summed E-state index contributed by atoms with van der Waals surface area (Å²) < 4.78 is 0. The van der Waals surface area contributed by atoms with Gasteiger partial charge in [-0.25, -0.2) is 4.98 Å². The number of aldehydes is 1. The van der Waals surface area contributed by atoms with Crippen molar-refractivity contribution in [3.8, 4) is 0 Å². The van der Waals surface area contributed by atoms with Crippen LogP contribution in [0.1, 0.15) is 21.5 Å². The highest BCUT2D eigenvalue weighted by molar-refractivity contribution is 7.98. The first kappa shape index (κ1) is 13.8. The molecule has 0 aliphatic heterocycles. The summed E-state index contributed by atoms with van der Waals surface area (Å²) in [6, 6.07) is 18.2. The number of hydrogen-bond acceptors (Lipinski definition) is 3. The topological polar surface area (TPSA) is 30.0 Å². The molecule has 2 nitrogen and oxygen atoms in total. The fourth-order valence-electron chi connectivity index (χ4n) is 2.27. The molecule has 3 heteroatoms. The molecule has 0 bridgehead atoms. The first-order chi connectivity index (χ1) is 10.3. The van der Waals surface area contributed by atoms with E-state index >= 15 is 0 Å². The summed E-state index contributed by atoms with van der Waals surface area (Å²) in [5, 5.41) is 1.80. The molecular weight excluding hydrogens is 278 g/mol. The van der Waals surface area contributed by atoms with Crippen LogP contribution in [0.5, 0.6) is 0 Å². The van der Waals surface area contributed by atoms with Crippen LogP contribution < -0.4 is 0 Å². The number of aryl methyl sites for hydroxylation is 1. The van der Waals surface area contributed by atoms with Crippen molar-refractivity contribution in [1.82, 2.24) is 4.98 Å². The summed E-state index contributed by atoms with van der Waals surface area (Å²) in [5.74, 6) is 0.813. The molecule has 0 saturated carbocycles. The number of aromatic nitrogens is 1. The van der Waals surface area contributed by atoms with Crippen molar-refractivity contribution < 1.29 is 4.79 Å². The van der Waals surface area contributed by atoms with E-state index in [2.05, 4.69) is 36.2 Å². The third-order valence-corrected chi connectivity index (χ3v) is 4.38. The van der Waals surface area contributed by atoms with Crippen LogP contribution in [-0.4, -0.2) is 11.3 Å². The first-order valence-electron chi connectivity index (χ1n) is 6.79. The molecule has 3 rings (SSSR count). The van der Waals surface area contributed by atoms with Crippen molar-refractivity contribution in [2.24, 2.45) is 0 Å². The Labute approximate surface area is 128 Å². The average molecular weight is 293 g/mol. The number of rotatable bonds is 4. The highest BCUT2D eigenvalue weighted by Crippen LogP contribution is 2.27. The monoisotopic (exact) mass is 293 g/mol. The highest BCUT2D eigenvalue weighted by atomic mass is 32.2. The molecule has 0 spiro atoms. The molecule has 104 valence electrons. The molecule has 0 aliphatic rings. The summed E-state index contributed by atoms with van der Waals surface area (Å²) in [6.45, 7) is 2.08. The van der Waals surface area contributed by atoms with Crippen LogP contribution >= 0.6 is 11.8 Å². The van der Waals surface area contributed by atoms with Gasteiger partial charge in [0.25, 0.3) is 0 Å². The van der Waals surface area contributed by atoms with Crippen molar-refractivity contribution in [3.63, 3.8) is 0 Å². The minimum Gasteiger partial charge on any atom is -0.298 e. The molecule has 2 aromatic carbocycles. The Morgan fingerprint density at radius 2 is 1.95 bits per heavy atom. The summed E-state index contributed by atoms with van der Waals surface area (Å²) in [7, 11) is 0. The number of pyridine rings is 1. The first-order valence-corrected chi connectivity index (χ1v) is 7.78. The standard InChI is InChI=1S/C18H15NOS/c1-13-5-4-6-14(9-13)12-21-18-16(11-20)10-15-7-2-3-8-17(15)19-18/h2-11H,12H2,1H3. The van der Waals surface area contributed by atoms with Crippen LogP contribution in [0.2, 0.25) is 0 Å². The third kappa shape index (κ3) is 3.14. The second-order valence-electron chi connectivity index (χ2n) is 4.97.